The standard InChI is InChI=1S/C16H13N3O2/c1-16(2)19-14(15-12(20)4-3-7-18-15)11-8-10(9-17)5-6-13(11)21-16/h3-8,20H,1-2H3. The molecule has 5 heteroatoms. The molecule has 0 unspecified atom stereocenters. The predicted octanol–water partition coefficient (Wildman–Crippen LogP) is 2.62. The topological polar surface area (TPSA) is 78.5 Å². The van der Waals surface area contributed by atoms with Crippen molar-refractivity contribution in [3.63, 3.8) is 0 Å². The van der Waals surface area contributed by atoms with Gasteiger partial charge in [0.1, 0.15) is 22.9 Å². The van der Waals surface area contributed by atoms with Gasteiger partial charge in [0.05, 0.1) is 11.6 Å². The van der Waals surface area contributed by atoms with E-state index in [1.54, 1.807) is 36.5 Å². The average Bonchev–Trinajstić information content (AvgIpc) is 2.46. The van der Waals surface area contributed by atoms with Crippen molar-refractivity contribution in [2.24, 2.45) is 4.99 Å². The Hall–Kier alpha value is -2.87. The number of hydrogen-bond acceptors (Lipinski definition) is 5. The molecule has 0 aliphatic carbocycles. The minimum absolute atomic E-state index is 0.0438. The molecule has 0 atom stereocenters. The molecule has 1 aliphatic heterocycles. The molecule has 1 aromatic carbocycles. The van der Waals surface area contributed by atoms with Crippen LogP contribution in [0.15, 0.2) is 41.5 Å². The number of aliphatic imine (C=N–C) groups is 1. The fraction of sp³-hybridized carbons (Fsp3) is 0.188. The lowest BCUT2D eigenvalue weighted by Gasteiger charge is -2.30. The second-order valence-electron chi connectivity index (χ2n) is 5.20. The van der Waals surface area contributed by atoms with E-state index in [1.807, 2.05) is 13.8 Å². The molecule has 2 aromatic rings. The Morgan fingerprint density at radius 1 is 1.29 bits per heavy atom. The van der Waals surface area contributed by atoms with Crippen LogP contribution in [-0.2, 0) is 0 Å². The van der Waals surface area contributed by atoms with Crippen molar-refractivity contribution in [3.8, 4) is 17.6 Å². The maximum atomic E-state index is 10.0. The number of hydrogen-bond donors (Lipinski definition) is 1. The number of fused-ring (bicyclic) bond motifs is 1. The van der Waals surface area contributed by atoms with Crippen LogP contribution in [0.4, 0.5) is 0 Å². The minimum atomic E-state index is -0.763. The summed E-state index contributed by atoms with van der Waals surface area (Å²) in [6, 6.07) is 10.4. The Kier molecular flexibility index (Phi) is 2.88. The summed E-state index contributed by atoms with van der Waals surface area (Å²) >= 11 is 0. The van der Waals surface area contributed by atoms with E-state index in [2.05, 4.69) is 16.0 Å². The van der Waals surface area contributed by atoms with Gasteiger partial charge in [-0.2, -0.15) is 5.26 Å². The largest absolute Gasteiger partial charge is 0.506 e. The van der Waals surface area contributed by atoms with E-state index in [0.717, 1.165) is 0 Å². The summed E-state index contributed by atoms with van der Waals surface area (Å²) in [5.74, 6) is 0.663. The molecule has 3 rings (SSSR count). The van der Waals surface area contributed by atoms with E-state index in [9.17, 15) is 5.11 Å². The van der Waals surface area contributed by atoms with Crippen LogP contribution in [-0.4, -0.2) is 21.5 Å². The molecule has 0 saturated heterocycles. The van der Waals surface area contributed by atoms with Gasteiger partial charge in [0, 0.05) is 11.8 Å². The molecule has 21 heavy (non-hydrogen) atoms. The Labute approximate surface area is 122 Å². The van der Waals surface area contributed by atoms with Crippen molar-refractivity contribution >= 4 is 5.71 Å². The highest BCUT2D eigenvalue weighted by Crippen LogP contribution is 2.34. The van der Waals surface area contributed by atoms with Gasteiger partial charge >= 0.3 is 0 Å². The van der Waals surface area contributed by atoms with Crippen LogP contribution in [0.5, 0.6) is 11.5 Å². The van der Waals surface area contributed by atoms with Gasteiger partial charge in [0.15, 0.2) is 5.72 Å². The highest BCUT2D eigenvalue weighted by Gasteiger charge is 2.30. The number of aromatic hydroxyl groups is 1. The third-order valence-corrected chi connectivity index (χ3v) is 3.12. The summed E-state index contributed by atoms with van der Waals surface area (Å²) in [7, 11) is 0. The molecule has 1 aliphatic rings. The zero-order valence-corrected chi connectivity index (χ0v) is 11.7. The molecule has 0 spiro atoms. The highest BCUT2D eigenvalue weighted by molar-refractivity contribution is 6.15. The summed E-state index contributed by atoms with van der Waals surface area (Å²) in [6.45, 7) is 3.66. The summed E-state index contributed by atoms with van der Waals surface area (Å²) < 4.78 is 5.80. The van der Waals surface area contributed by atoms with Crippen molar-refractivity contribution in [1.82, 2.24) is 4.98 Å². The van der Waals surface area contributed by atoms with E-state index < -0.39 is 5.72 Å². The zero-order valence-electron chi connectivity index (χ0n) is 11.7. The Morgan fingerprint density at radius 3 is 2.81 bits per heavy atom. The van der Waals surface area contributed by atoms with Crippen molar-refractivity contribution < 1.29 is 9.84 Å². The van der Waals surface area contributed by atoms with E-state index >= 15 is 0 Å². The van der Waals surface area contributed by atoms with Crippen LogP contribution in [0.25, 0.3) is 0 Å². The molecule has 0 radical (unpaired) electrons. The highest BCUT2D eigenvalue weighted by atomic mass is 16.5. The number of nitrogens with zero attached hydrogens (tertiary/aromatic N) is 3. The molecule has 0 saturated carbocycles. The van der Waals surface area contributed by atoms with E-state index in [-0.39, 0.29) is 5.75 Å². The first-order valence-electron chi connectivity index (χ1n) is 6.48. The van der Waals surface area contributed by atoms with E-state index in [0.29, 0.717) is 28.3 Å². The quantitative estimate of drug-likeness (QED) is 0.870. The first kappa shape index (κ1) is 13.1. The normalized spacial score (nSPS) is 15.4. The monoisotopic (exact) mass is 279 g/mol. The van der Waals surface area contributed by atoms with Gasteiger partial charge in [-0.25, -0.2) is 4.99 Å². The SMILES string of the molecule is CC1(C)N=C(c2ncccc2O)c2cc(C#N)ccc2O1. The van der Waals surface area contributed by atoms with Gasteiger partial charge < -0.3 is 9.84 Å². The Morgan fingerprint density at radius 2 is 2.10 bits per heavy atom. The molecule has 104 valence electrons. The Bertz CT molecular complexity index is 788. The summed E-state index contributed by atoms with van der Waals surface area (Å²) in [5, 5.41) is 19.1. The number of benzene rings is 1. The molecular weight excluding hydrogens is 266 g/mol. The number of rotatable bonds is 1. The lowest BCUT2D eigenvalue weighted by Crippen LogP contribution is -2.32. The number of ether oxygens (including phenoxy) is 1. The third kappa shape index (κ3) is 2.32. The van der Waals surface area contributed by atoms with Gasteiger partial charge in [-0.1, -0.05) is 0 Å². The number of nitriles is 1. The molecule has 0 fully saturated rings. The van der Waals surface area contributed by atoms with E-state index in [1.165, 1.54) is 0 Å². The average molecular weight is 279 g/mol. The van der Waals surface area contributed by atoms with E-state index in [4.69, 9.17) is 10.00 Å². The van der Waals surface area contributed by atoms with Crippen LogP contribution in [0.2, 0.25) is 0 Å². The second-order valence-corrected chi connectivity index (χ2v) is 5.20. The van der Waals surface area contributed by atoms with Crippen LogP contribution >= 0.6 is 0 Å². The van der Waals surface area contributed by atoms with Crippen molar-refractivity contribution in [2.75, 3.05) is 0 Å². The summed E-state index contributed by atoms with van der Waals surface area (Å²) in [4.78, 5) is 8.73. The molecule has 1 aromatic heterocycles. The molecule has 0 amide bonds. The summed E-state index contributed by atoms with van der Waals surface area (Å²) in [5.41, 5.74) is 1.30. The van der Waals surface area contributed by atoms with Gasteiger partial charge in [0.2, 0.25) is 0 Å². The Balaban J connectivity index is 2.26. The lowest BCUT2D eigenvalue weighted by atomic mass is 10.00. The molecule has 0 bridgehead atoms. The summed E-state index contributed by atoms with van der Waals surface area (Å²) in [6.07, 6.45) is 1.59. The third-order valence-electron chi connectivity index (χ3n) is 3.12. The van der Waals surface area contributed by atoms with Crippen molar-refractivity contribution in [1.29, 1.82) is 5.26 Å². The van der Waals surface area contributed by atoms with Crippen molar-refractivity contribution in [2.45, 2.75) is 19.6 Å². The number of aromatic nitrogens is 1. The number of pyridine rings is 1. The predicted molar refractivity (Wildman–Crippen MR) is 77.4 cm³/mol. The molecule has 2 heterocycles. The van der Waals surface area contributed by atoms with Crippen LogP contribution in [0, 0.1) is 11.3 Å². The fourth-order valence-electron chi connectivity index (χ4n) is 2.25. The van der Waals surface area contributed by atoms with Gasteiger partial charge in [-0.05, 0) is 44.2 Å². The second kappa shape index (κ2) is 4.60. The maximum absolute atomic E-state index is 10.0. The zero-order chi connectivity index (χ0) is 15.0. The van der Waals surface area contributed by atoms with Crippen LogP contribution < -0.4 is 4.74 Å². The van der Waals surface area contributed by atoms with Gasteiger partial charge in [-0.15, -0.1) is 0 Å². The molecule has 1 N–H and O–H groups in total. The first-order valence-corrected chi connectivity index (χ1v) is 6.48. The lowest BCUT2D eigenvalue weighted by molar-refractivity contribution is 0.115. The van der Waals surface area contributed by atoms with Gasteiger partial charge in [-0.3, -0.25) is 4.98 Å². The van der Waals surface area contributed by atoms with Crippen LogP contribution in [0.1, 0.15) is 30.7 Å². The fourth-order valence-corrected chi connectivity index (χ4v) is 2.25. The van der Waals surface area contributed by atoms with Crippen molar-refractivity contribution in [3.05, 3.63) is 53.3 Å². The first-order chi connectivity index (χ1) is 10.00. The maximum Gasteiger partial charge on any atom is 0.195 e. The smallest absolute Gasteiger partial charge is 0.195 e. The molecule has 5 nitrogen and oxygen atoms in total. The molecular formula is C16H13N3O2. The van der Waals surface area contributed by atoms with Gasteiger partial charge in [0.25, 0.3) is 0 Å². The minimum Gasteiger partial charge on any atom is -0.506 e. The van der Waals surface area contributed by atoms with Crippen LogP contribution in [0.3, 0.4) is 0 Å².